The molecular formula is C24H21F2N5O2. The lowest BCUT2D eigenvalue weighted by atomic mass is 10.1. The van der Waals surface area contributed by atoms with Crippen molar-refractivity contribution in [1.29, 1.82) is 0 Å². The number of H-pyrrole nitrogens is 1. The van der Waals surface area contributed by atoms with E-state index >= 15 is 0 Å². The molecule has 0 bridgehead atoms. The van der Waals surface area contributed by atoms with Crippen molar-refractivity contribution in [2.24, 2.45) is 0 Å². The second kappa shape index (κ2) is 9.05. The molecule has 1 fully saturated rings. The number of nitrogens with one attached hydrogen (secondary N) is 2. The predicted octanol–water partition coefficient (Wildman–Crippen LogP) is 3.74. The maximum absolute atomic E-state index is 14.0. The van der Waals surface area contributed by atoms with Gasteiger partial charge in [0.1, 0.15) is 11.8 Å². The molecule has 2 aromatic carbocycles. The Labute approximate surface area is 188 Å². The minimum absolute atomic E-state index is 0.201. The van der Waals surface area contributed by atoms with E-state index in [0.717, 1.165) is 28.2 Å². The van der Waals surface area contributed by atoms with Crippen molar-refractivity contribution in [1.82, 2.24) is 20.1 Å². The number of carbonyl (C=O) groups excluding carboxylic acids is 1. The van der Waals surface area contributed by atoms with Crippen LogP contribution in [0.4, 0.5) is 14.5 Å². The maximum atomic E-state index is 14.0. The van der Waals surface area contributed by atoms with Crippen molar-refractivity contribution in [3.05, 3.63) is 78.1 Å². The highest BCUT2D eigenvalue weighted by molar-refractivity contribution is 5.99. The van der Waals surface area contributed by atoms with Crippen LogP contribution in [0.25, 0.3) is 22.2 Å². The third-order valence-electron chi connectivity index (χ3n) is 5.65. The molecule has 2 N–H and O–H groups in total. The number of nitrogens with zero attached hydrogens (tertiary/aromatic N) is 3. The zero-order chi connectivity index (χ0) is 22.8. The summed E-state index contributed by atoms with van der Waals surface area (Å²) in [5.74, 6) is -2.04. The number of benzene rings is 2. The van der Waals surface area contributed by atoms with E-state index in [9.17, 15) is 13.6 Å². The van der Waals surface area contributed by atoms with E-state index in [1.165, 1.54) is 6.07 Å². The molecule has 168 valence electrons. The first-order valence-electron chi connectivity index (χ1n) is 10.5. The molecule has 2 aromatic heterocycles. The number of ether oxygens (including phenoxy) is 1. The highest BCUT2D eigenvalue weighted by Gasteiger charge is 2.27. The fraction of sp³-hybridized carbons (Fsp3) is 0.208. The van der Waals surface area contributed by atoms with Gasteiger partial charge in [-0.2, -0.15) is 5.10 Å². The van der Waals surface area contributed by atoms with E-state index in [2.05, 4.69) is 20.5 Å². The number of anilines is 1. The standard InChI is InChI=1S/C24H21F2N5O2/c25-19-3-1-2-16(22(19)26)13-31-10-11-33-21(14-31)24(32)28-17-4-5-20-18(12-17)23(30-29-20)15-6-8-27-9-7-15/h1-9,12,21H,10-11,13-14H2,(H,28,32)(H,29,30). The number of morpholine rings is 1. The monoisotopic (exact) mass is 449 g/mol. The van der Waals surface area contributed by atoms with E-state index in [4.69, 9.17) is 4.74 Å². The van der Waals surface area contributed by atoms with Gasteiger partial charge in [0.2, 0.25) is 0 Å². The van der Waals surface area contributed by atoms with Crippen LogP contribution in [0, 0.1) is 11.6 Å². The van der Waals surface area contributed by atoms with E-state index < -0.39 is 17.7 Å². The lowest BCUT2D eigenvalue weighted by molar-refractivity contribution is -0.133. The van der Waals surface area contributed by atoms with Crippen LogP contribution in [0.3, 0.4) is 0 Å². The van der Waals surface area contributed by atoms with Gasteiger partial charge in [-0.1, -0.05) is 12.1 Å². The molecule has 1 aliphatic heterocycles. The van der Waals surface area contributed by atoms with Gasteiger partial charge in [0, 0.05) is 54.2 Å². The number of hydrogen-bond donors (Lipinski definition) is 2. The molecule has 7 nitrogen and oxygen atoms in total. The van der Waals surface area contributed by atoms with Crippen LogP contribution < -0.4 is 5.32 Å². The molecule has 0 spiro atoms. The van der Waals surface area contributed by atoms with E-state index in [1.54, 1.807) is 24.5 Å². The fourth-order valence-corrected chi connectivity index (χ4v) is 3.96. The number of aromatic amines is 1. The van der Waals surface area contributed by atoms with Gasteiger partial charge in [0.05, 0.1) is 12.1 Å². The lowest BCUT2D eigenvalue weighted by Gasteiger charge is -2.32. The highest BCUT2D eigenvalue weighted by atomic mass is 19.2. The molecule has 9 heteroatoms. The van der Waals surface area contributed by atoms with Crippen molar-refractivity contribution >= 4 is 22.5 Å². The molecule has 33 heavy (non-hydrogen) atoms. The summed E-state index contributed by atoms with van der Waals surface area (Å²) in [6.07, 6.45) is 2.67. The van der Waals surface area contributed by atoms with Gasteiger partial charge in [-0.15, -0.1) is 0 Å². The Hall–Kier alpha value is -3.69. The van der Waals surface area contributed by atoms with Crippen molar-refractivity contribution < 1.29 is 18.3 Å². The zero-order valence-electron chi connectivity index (χ0n) is 17.6. The van der Waals surface area contributed by atoms with Crippen molar-refractivity contribution in [2.45, 2.75) is 12.6 Å². The van der Waals surface area contributed by atoms with Crippen LogP contribution in [-0.4, -0.2) is 51.8 Å². The van der Waals surface area contributed by atoms with Gasteiger partial charge >= 0.3 is 0 Å². The third-order valence-corrected chi connectivity index (χ3v) is 5.65. The van der Waals surface area contributed by atoms with E-state index in [1.807, 2.05) is 29.2 Å². The largest absolute Gasteiger partial charge is 0.366 e. The first-order chi connectivity index (χ1) is 16.1. The Morgan fingerprint density at radius 3 is 2.88 bits per heavy atom. The fourth-order valence-electron chi connectivity index (χ4n) is 3.96. The van der Waals surface area contributed by atoms with Gasteiger partial charge in [0.25, 0.3) is 5.91 Å². The zero-order valence-corrected chi connectivity index (χ0v) is 17.6. The van der Waals surface area contributed by atoms with Gasteiger partial charge in [-0.05, 0) is 36.4 Å². The quantitative estimate of drug-likeness (QED) is 0.485. The Morgan fingerprint density at radius 2 is 2.03 bits per heavy atom. The summed E-state index contributed by atoms with van der Waals surface area (Å²) < 4.78 is 33.2. The van der Waals surface area contributed by atoms with Gasteiger partial charge in [-0.25, -0.2) is 8.78 Å². The van der Waals surface area contributed by atoms with E-state index in [0.29, 0.717) is 18.8 Å². The summed E-state index contributed by atoms with van der Waals surface area (Å²) in [4.78, 5) is 18.8. The van der Waals surface area contributed by atoms with Gasteiger partial charge in [-0.3, -0.25) is 19.8 Å². The summed E-state index contributed by atoms with van der Waals surface area (Å²) >= 11 is 0. The number of hydrogen-bond acceptors (Lipinski definition) is 5. The highest BCUT2D eigenvalue weighted by Crippen LogP contribution is 2.28. The van der Waals surface area contributed by atoms with Crippen LogP contribution in [0.1, 0.15) is 5.56 Å². The molecule has 1 atom stereocenters. The molecule has 0 radical (unpaired) electrons. The number of halogens is 2. The lowest BCUT2D eigenvalue weighted by Crippen LogP contribution is -2.47. The predicted molar refractivity (Wildman–Crippen MR) is 119 cm³/mol. The summed E-state index contributed by atoms with van der Waals surface area (Å²) in [5, 5.41) is 11.1. The number of pyridine rings is 1. The van der Waals surface area contributed by atoms with Crippen LogP contribution in [0.2, 0.25) is 0 Å². The van der Waals surface area contributed by atoms with Crippen LogP contribution >= 0.6 is 0 Å². The van der Waals surface area contributed by atoms with Crippen LogP contribution in [0.15, 0.2) is 60.9 Å². The molecule has 1 aliphatic rings. The molecule has 1 saturated heterocycles. The Balaban J connectivity index is 1.29. The van der Waals surface area contributed by atoms with Gasteiger partial charge in [0.15, 0.2) is 11.6 Å². The Kier molecular flexibility index (Phi) is 5.80. The molecule has 0 aliphatic carbocycles. The molecule has 1 unspecified atom stereocenters. The first-order valence-corrected chi connectivity index (χ1v) is 10.5. The molecule has 5 rings (SSSR count). The molecule has 1 amide bonds. The summed E-state index contributed by atoms with van der Waals surface area (Å²) in [7, 11) is 0. The number of fused-ring (bicyclic) bond motifs is 1. The molecule has 3 heterocycles. The molecule has 0 saturated carbocycles. The number of carbonyl (C=O) groups is 1. The number of rotatable bonds is 5. The molecular weight excluding hydrogens is 428 g/mol. The maximum Gasteiger partial charge on any atom is 0.254 e. The topological polar surface area (TPSA) is 83.1 Å². The van der Waals surface area contributed by atoms with E-state index in [-0.39, 0.29) is 24.6 Å². The minimum Gasteiger partial charge on any atom is -0.366 e. The van der Waals surface area contributed by atoms with Crippen molar-refractivity contribution in [3.8, 4) is 11.3 Å². The average molecular weight is 449 g/mol. The second-order valence-electron chi connectivity index (χ2n) is 7.87. The molecule has 4 aromatic rings. The van der Waals surface area contributed by atoms with Crippen molar-refractivity contribution in [2.75, 3.05) is 25.0 Å². The summed E-state index contributed by atoms with van der Waals surface area (Å²) in [6, 6.07) is 13.3. The van der Waals surface area contributed by atoms with Crippen molar-refractivity contribution in [3.63, 3.8) is 0 Å². The normalized spacial score (nSPS) is 16.7. The average Bonchev–Trinajstić information content (AvgIpc) is 3.26. The third kappa shape index (κ3) is 4.46. The Morgan fingerprint density at radius 1 is 1.18 bits per heavy atom. The summed E-state index contributed by atoms with van der Waals surface area (Å²) in [5.41, 5.74) is 3.39. The van der Waals surface area contributed by atoms with Gasteiger partial charge < -0.3 is 10.1 Å². The first kappa shape index (κ1) is 21.2. The number of amides is 1. The SMILES string of the molecule is O=C(Nc1ccc2[nH]nc(-c3ccncc3)c2c1)C1CN(Cc2cccc(F)c2F)CCO1. The second-order valence-corrected chi connectivity index (χ2v) is 7.87. The van der Waals surface area contributed by atoms with Crippen LogP contribution in [-0.2, 0) is 16.1 Å². The van der Waals surface area contributed by atoms with Crippen LogP contribution in [0.5, 0.6) is 0 Å². The summed E-state index contributed by atoms with van der Waals surface area (Å²) in [6.45, 7) is 1.32. The Bertz CT molecular complexity index is 1290. The minimum atomic E-state index is -0.879. The number of aromatic nitrogens is 3. The smallest absolute Gasteiger partial charge is 0.254 e.